The summed E-state index contributed by atoms with van der Waals surface area (Å²) in [5, 5.41) is 7.52. The van der Waals surface area contributed by atoms with Gasteiger partial charge in [-0.3, -0.25) is 9.59 Å². The van der Waals surface area contributed by atoms with Crippen molar-refractivity contribution in [1.29, 1.82) is 0 Å². The summed E-state index contributed by atoms with van der Waals surface area (Å²) in [5.41, 5.74) is 2.45. The molecule has 3 aliphatic rings. The van der Waals surface area contributed by atoms with Gasteiger partial charge in [0.1, 0.15) is 5.69 Å². The van der Waals surface area contributed by atoms with Crippen molar-refractivity contribution in [2.45, 2.75) is 43.7 Å². The molecule has 2 fully saturated rings. The van der Waals surface area contributed by atoms with Crippen LogP contribution in [0.3, 0.4) is 0 Å². The number of benzene rings is 1. The Bertz CT molecular complexity index is 922. The fraction of sp³-hybridized carbons (Fsp3) is 0.524. The fourth-order valence-electron chi connectivity index (χ4n) is 5.00. The molecule has 0 radical (unpaired) electrons. The number of hydrogen-bond acceptors (Lipinski definition) is 3. The number of aromatic nitrogens is 1. The van der Waals surface area contributed by atoms with E-state index in [1.165, 1.54) is 6.42 Å². The number of amides is 2. The van der Waals surface area contributed by atoms with Crippen molar-refractivity contribution in [1.82, 2.24) is 20.1 Å². The van der Waals surface area contributed by atoms with E-state index in [4.69, 9.17) is 0 Å². The fourth-order valence-corrected chi connectivity index (χ4v) is 5.00. The number of carbonyl (C=O) groups excluding carboxylic acids is 2. The number of piperidine rings is 1. The van der Waals surface area contributed by atoms with Crippen LogP contribution in [0.5, 0.6) is 0 Å². The first kappa shape index (κ1) is 16.8. The van der Waals surface area contributed by atoms with E-state index < -0.39 is 0 Å². The first-order valence-electron chi connectivity index (χ1n) is 10.0. The lowest BCUT2D eigenvalue weighted by atomic mass is 9.74. The first-order chi connectivity index (χ1) is 13.1. The van der Waals surface area contributed by atoms with E-state index >= 15 is 0 Å². The van der Waals surface area contributed by atoms with E-state index in [0.29, 0.717) is 5.56 Å². The summed E-state index contributed by atoms with van der Waals surface area (Å²) in [6, 6.07) is 8.01. The maximum absolute atomic E-state index is 12.8. The Hall–Kier alpha value is -2.34. The molecule has 1 aromatic carbocycles. The number of nitrogens with one attached hydrogen (secondary N) is 2. The van der Waals surface area contributed by atoms with Gasteiger partial charge in [0.2, 0.25) is 0 Å². The molecule has 2 N–H and O–H groups in total. The van der Waals surface area contributed by atoms with Gasteiger partial charge in [0.25, 0.3) is 11.8 Å². The summed E-state index contributed by atoms with van der Waals surface area (Å²) in [6.07, 6.45) is 5.48. The van der Waals surface area contributed by atoms with Crippen LogP contribution in [0.4, 0.5) is 0 Å². The molecule has 2 aliphatic heterocycles. The molecule has 6 nitrogen and oxygen atoms in total. The van der Waals surface area contributed by atoms with Gasteiger partial charge in [-0.1, -0.05) is 6.07 Å². The average Bonchev–Trinajstić information content (AvgIpc) is 3.03. The second kappa shape index (κ2) is 6.09. The quantitative estimate of drug-likeness (QED) is 0.855. The summed E-state index contributed by atoms with van der Waals surface area (Å²) in [4.78, 5) is 27.3. The van der Waals surface area contributed by atoms with Gasteiger partial charge in [-0.25, -0.2) is 0 Å². The van der Waals surface area contributed by atoms with Crippen LogP contribution in [0.1, 0.15) is 53.0 Å². The smallest absolute Gasteiger partial charge is 0.270 e. The molecule has 2 amide bonds. The maximum Gasteiger partial charge on any atom is 0.270 e. The highest BCUT2D eigenvalue weighted by Gasteiger charge is 2.46. The number of likely N-dealkylation sites (N-methyl/N-ethyl adjacent to an activating group) is 1. The molecule has 1 aromatic heterocycles. The monoisotopic (exact) mass is 366 g/mol. The number of nitrogens with zero attached hydrogens (tertiary/aromatic N) is 2. The molecule has 27 heavy (non-hydrogen) atoms. The minimum atomic E-state index is -0.0249. The molecule has 142 valence electrons. The minimum absolute atomic E-state index is 0.00212. The van der Waals surface area contributed by atoms with Crippen molar-refractivity contribution in [3.8, 4) is 0 Å². The lowest BCUT2D eigenvalue weighted by Crippen LogP contribution is -2.55. The molecule has 0 bridgehead atoms. The lowest BCUT2D eigenvalue weighted by Gasteiger charge is -2.49. The average molecular weight is 366 g/mol. The van der Waals surface area contributed by atoms with Crippen molar-refractivity contribution in [2.75, 3.05) is 26.7 Å². The van der Waals surface area contributed by atoms with Crippen LogP contribution < -0.4 is 10.6 Å². The number of rotatable bonds is 2. The largest absolute Gasteiger partial charge is 0.348 e. The Morgan fingerprint density at radius 1 is 1.26 bits per heavy atom. The zero-order chi connectivity index (χ0) is 18.6. The van der Waals surface area contributed by atoms with Crippen molar-refractivity contribution in [3.05, 3.63) is 35.5 Å². The van der Waals surface area contributed by atoms with E-state index in [1.807, 2.05) is 36.2 Å². The molecule has 1 unspecified atom stereocenters. The Balaban J connectivity index is 1.53. The van der Waals surface area contributed by atoms with Crippen LogP contribution in [-0.4, -0.2) is 54.0 Å². The molecule has 3 heterocycles. The van der Waals surface area contributed by atoms with E-state index in [2.05, 4.69) is 15.2 Å². The Labute approximate surface area is 158 Å². The molecular formula is C21H26N4O2. The molecular weight excluding hydrogens is 340 g/mol. The highest BCUT2D eigenvalue weighted by molar-refractivity contribution is 6.03. The van der Waals surface area contributed by atoms with Crippen LogP contribution >= 0.6 is 0 Å². The molecule has 1 saturated carbocycles. The third kappa shape index (κ3) is 2.57. The Morgan fingerprint density at radius 3 is 2.81 bits per heavy atom. The van der Waals surface area contributed by atoms with E-state index in [-0.39, 0.29) is 23.4 Å². The van der Waals surface area contributed by atoms with Crippen LogP contribution in [0, 0.1) is 0 Å². The normalized spacial score (nSPS) is 24.0. The summed E-state index contributed by atoms with van der Waals surface area (Å²) in [6.45, 7) is 2.62. The molecule has 1 aliphatic carbocycles. The number of carbonyl (C=O) groups is 2. The molecule has 2 aromatic rings. The zero-order valence-electron chi connectivity index (χ0n) is 15.8. The van der Waals surface area contributed by atoms with Crippen molar-refractivity contribution in [2.24, 2.45) is 0 Å². The van der Waals surface area contributed by atoms with Gasteiger partial charge in [-0.15, -0.1) is 0 Å². The Morgan fingerprint density at radius 2 is 2.11 bits per heavy atom. The topological polar surface area (TPSA) is 66.4 Å². The van der Waals surface area contributed by atoms with Gasteiger partial charge in [0, 0.05) is 37.1 Å². The second-order valence-corrected chi connectivity index (χ2v) is 8.39. The van der Waals surface area contributed by atoms with Crippen LogP contribution in [0.2, 0.25) is 0 Å². The van der Waals surface area contributed by atoms with Gasteiger partial charge in [0.05, 0.1) is 11.1 Å². The van der Waals surface area contributed by atoms with Crippen LogP contribution in [0.15, 0.2) is 24.3 Å². The van der Waals surface area contributed by atoms with E-state index in [0.717, 1.165) is 61.9 Å². The molecule has 6 heteroatoms. The van der Waals surface area contributed by atoms with Gasteiger partial charge < -0.3 is 20.1 Å². The lowest BCUT2D eigenvalue weighted by molar-refractivity contribution is 0.0425. The van der Waals surface area contributed by atoms with Crippen LogP contribution in [0.25, 0.3) is 10.9 Å². The van der Waals surface area contributed by atoms with E-state index in [1.54, 1.807) is 0 Å². The molecule has 1 spiro atoms. The van der Waals surface area contributed by atoms with Crippen LogP contribution in [-0.2, 0) is 5.54 Å². The summed E-state index contributed by atoms with van der Waals surface area (Å²) < 4.78 is 2.23. The summed E-state index contributed by atoms with van der Waals surface area (Å²) >= 11 is 0. The third-order valence-corrected chi connectivity index (χ3v) is 6.55. The standard InChI is InChI=1S/C21H26N4O2/c1-24-13-21(7-3-8-21)25-17-11-15(6-5-14(17)10-18(25)20(24)27)19(26)23-16-4-2-9-22-12-16/h5-6,10-11,16,22H,2-4,7-9,12-13H2,1H3,(H,23,26). The first-order valence-corrected chi connectivity index (χ1v) is 10.0. The van der Waals surface area contributed by atoms with Gasteiger partial charge >= 0.3 is 0 Å². The van der Waals surface area contributed by atoms with Gasteiger partial charge in [0.15, 0.2) is 0 Å². The SMILES string of the molecule is CN1CC2(CCC2)n2c(cc3ccc(C(=O)NC4CCCNC4)cc32)C1=O. The van der Waals surface area contributed by atoms with Gasteiger partial charge in [-0.2, -0.15) is 0 Å². The van der Waals surface area contributed by atoms with Crippen molar-refractivity contribution >= 4 is 22.7 Å². The number of hydrogen-bond donors (Lipinski definition) is 2. The highest BCUT2D eigenvalue weighted by atomic mass is 16.2. The second-order valence-electron chi connectivity index (χ2n) is 8.39. The molecule has 1 atom stereocenters. The molecule has 1 saturated heterocycles. The minimum Gasteiger partial charge on any atom is -0.348 e. The predicted octanol–water partition coefficient (Wildman–Crippen LogP) is 2.09. The summed E-state index contributed by atoms with van der Waals surface area (Å²) in [5.74, 6) is 0.0473. The zero-order valence-corrected chi connectivity index (χ0v) is 15.8. The predicted molar refractivity (Wildman–Crippen MR) is 104 cm³/mol. The third-order valence-electron chi connectivity index (χ3n) is 6.55. The van der Waals surface area contributed by atoms with E-state index in [9.17, 15) is 9.59 Å². The maximum atomic E-state index is 12.8. The molecule has 5 rings (SSSR count). The van der Waals surface area contributed by atoms with Crippen molar-refractivity contribution < 1.29 is 9.59 Å². The summed E-state index contributed by atoms with van der Waals surface area (Å²) in [7, 11) is 1.89. The Kier molecular flexibility index (Phi) is 3.79. The highest BCUT2D eigenvalue weighted by Crippen LogP contribution is 2.45. The van der Waals surface area contributed by atoms with Crippen molar-refractivity contribution in [3.63, 3.8) is 0 Å². The van der Waals surface area contributed by atoms with Gasteiger partial charge in [-0.05, 0) is 56.8 Å². The number of fused-ring (bicyclic) bond motifs is 4.